The van der Waals surface area contributed by atoms with Crippen LogP contribution < -0.4 is 5.32 Å². The monoisotopic (exact) mass is 372 g/mol. The van der Waals surface area contributed by atoms with E-state index in [4.69, 9.17) is 23.2 Å². The van der Waals surface area contributed by atoms with Gasteiger partial charge in [0.25, 0.3) is 5.91 Å². The molecule has 0 bridgehead atoms. The number of carbonyl (C=O) groups excluding carboxylic acids is 1. The third kappa shape index (κ3) is 3.51. The Morgan fingerprint density at radius 3 is 2.65 bits per heavy atom. The average Bonchev–Trinajstić information content (AvgIpc) is 2.41. The average molecular weight is 374 g/mol. The van der Waals surface area contributed by atoms with E-state index < -0.39 is 0 Å². The van der Waals surface area contributed by atoms with E-state index in [-0.39, 0.29) is 27.8 Å². The van der Waals surface area contributed by atoms with Gasteiger partial charge in [0.15, 0.2) is 0 Å². The molecule has 1 aromatic carbocycles. The molecule has 0 aliphatic rings. The van der Waals surface area contributed by atoms with Gasteiger partial charge < -0.3 is 5.32 Å². The molecule has 1 N–H and O–H groups in total. The number of hydrogen-bond donors (Lipinski definition) is 1. The predicted octanol–water partition coefficient (Wildman–Crippen LogP) is 4.64. The van der Waals surface area contributed by atoms with Crippen molar-refractivity contribution in [3.8, 4) is 0 Å². The van der Waals surface area contributed by atoms with E-state index in [0.717, 1.165) is 10.0 Å². The minimum atomic E-state index is -0.360. The topological polar surface area (TPSA) is 42.0 Å². The van der Waals surface area contributed by atoms with Crippen molar-refractivity contribution in [2.24, 2.45) is 0 Å². The maximum atomic E-state index is 12.2. The number of aromatic nitrogens is 1. The van der Waals surface area contributed by atoms with Gasteiger partial charge in [-0.2, -0.15) is 0 Å². The Morgan fingerprint density at radius 2 is 1.95 bits per heavy atom. The van der Waals surface area contributed by atoms with Crippen LogP contribution in [-0.2, 0) is 0 Å². The van der Waals surface area contributed by atoms with Gasteiger partial charge in [-0.05, 0) is 30.7 Å². The first-order valence-corrected chi connectivity index (χ1v) is 7.41. The summed E-state index contributed by atoms with van der Waals surface area (Å²) in [6, 6.07) is 10.6. The second kappa shape index (κ2) is 6.57. The molecule has 104 valence electrons. The number of carbonyl (C=O) groups is 1. The predicted molar refractivity (Wildman–Crippen MR) is 84.3 cm³/mol. The molecule has 3 nitrogen and oxygen atoms in total. The van der Waals surface area contributed by atoms with Gasteiger partial charge in [-0.25, -0.2) is 4.98 Å². The van der Waals surface area contributed by atoms with E-state index in [2.05, 4.69) is 26.2 Å². The zero-order valence-electron chi connectivity index (χ0n) is 10.5. The summed E-state index contributed by atoms with van der Waals surface area (Å²) >= 11 is 15.2. The van der Waals surface area contributed by atoms with Crippen molar-refractivity contribution < 1.29 is 4.79 Å². The molecule has 0 saturated heterocycles. The lowest BCUT2D eigenvalue weighted by Crippen LogP contribution is -2.28. The molecule has 1 heterocycles. The Hall–Kier alpha value is -1.10. The summed E-state index contributed by atoms with van der Waals surface area (Å²) in [6.45, 7) is 1.89. The summed E-state index contributed by atoms with van der Waals surface area (Å²) in [5.41, 5.74) is 1.09. The summed E-state index contributed by atoms with van der Waals surface area (Å²) < 4.78 is 0.929. The van der Waals surface area contributed by atoms with Crippen LogP contribution in [0.3, 0.4) is 0 Å². The maximum Gasteiger partial charge on any atom is 0.271 e. The van der Waals surface area contributed by atoms with E-state index >= 15 is 0 Å². The van der Waals surface area contributed by atoms with E-state index in [1.54, 1.807) is 6.07 Å². The molecule has 1 aromatic heterocycles. The highest BCUT2D eigenvalue weighted by Gasteiger charge is 2.17. The largest absolute Gasteiger partial charge is 0.344 e. The first kappa shape index (κ1) is 15.3. The fourth-order valence-corrected chi connectivity index (χ4v) is 2.71. The smallest absolute Gasteiger partial charge is 0.271 e. The number of pyridine rings is 1. The van der Waals surface area contributed by atoms with Gasteiger partial charge in [0, 0.05) is 4.47 Å². The van der Waals surface area contributed by atoms with Gasteiger partial charge in [0.05, 0.1) is 11.1 Å². The molecular formula is C14H11BrCl2N2O. The second-order valence-corrected chi connectivity index (χ2v) is 5.83. The molecule has 0 radical (unpaired) electrons. The standard InChI is InChI=1S/C14H11BrCl2N2O/c1-8(9-4-2-3-5-10(9)15)18-14(20)13-11(16)6-7-12(17)19-13/h2-8H,1H3,(H,18,20). The van der Waals surface area contributed by atoms with Gasteiger partial charge in [0.2, 0.25) is 0 Å². The lowest BCUT2D eigenvalue weighted by atomic mass is 10.1. The van der Waals surface area contributed by atoms with Gasteiger partial charge in [-0.15, -0.1) is 0 Å². The lowest BCUT2D eigenvalue weighted by Gasteiger charge is -2.16. The molecule has 1 atom stereocenters. The highest BCUT2D eigenvalue weighted by molar-refractivity contribution is 9.10. The van der Waals surface area contributed by atoms with Crippen molar-refractivity contribution in [3.63, 3.8) is 0 Å². The van der Waals surface area contributed by atoms with Crippen LogP contribution in [0.5, 0.6) is 0 Å². The second-order valence-electron chi connectivity index (χ2n) is 4.18. The van der Waals surface area contributed by atoms with Crippen LogP contribution in [0.1, 0.15) is 29.0 Å². The molecule has 0 spiro atoms. The summed E-state index contributed by atoms with van der Waals surface area (Å²) in [5, 5.41) is 3.35. The van der Waals surface area contributed by atoms with E-state index in [0.29, 0.717) is 0 Å². The summed E-state index contributed by atoms with van der Waals surface area (Å²) in [4.78, 5) is 16.1. The quantitative estimate of drug-likeness (QED) is 0.796. The Bertz CT molecular complexity index is 649. The van der Waals surface area contributed by atoms with Crippen LogP contribution in [-0.4, -0.2) is 10.9 Å². The molecule has 2 aromatic rings. The molecule has 0 saturated carbocycles. The SMILES string of the molecule is CC(NC(=O)c1nc(Cl)ccc1Cl)c1ccccc1Br. The minimum absolute atomic E-state index is 0.123. The first-order chi connectivity index (χ1) is 9.49. The van der Waals surface area contributed by atoms with Gasteiger partial charge >= 0.3 is 0 Å². The Kier molecular flexibility index (Phi) is 5.02. The molecule has 0 aliphatic carbocycles. The number of rotatable bonds is 3. The number of halogens is 3. The molecule has 0 aliphatic heterocycles. The molecule has 20 heavy (non-hydrogen) atoms. The Morgan fingerprint density at radius 1 is 1.25 bits per heavy atom. The van der Waals surface area contributed by atoms with Gasteiger partial charge in [0.1, 0.15) is 10.8 Å². The van der Waals surface area contributed by atoms with Crippen molar-refractivity contribution in [1.29, 1.82) is 0 Å². The van der Waals surface area contributed by atoms with Crippen LogP contribution in [0.2, 0.25) is 10.2 Å². The van der Waals surface area contributed by atoms with Crippen molar-refractivity contribution in [2.45, 2.75) is 13.0 Å². The van der Waals surface area contributed by atoms with Gasteiger partial charge in [-0.3, -0.25) is 4.79 Å². The maximum absolute atomic E-state index is 12.2. The number of nitrogens with zero attached hydrogens (tertiary/aromatic N) is 1. The van der Waals surface area contributed by atoms with Crippen molar-refractivity contribution >= 4 is 45.0 Å². The Balaban J connectivity index is 2.20. The zero-order chi connectivity index (χ0) is 14.7. The number of amides is 1. The zero-order valence-corrected chi connectivity index (χ0v) is 13.6. The third-order valence-corrected chi connectivity index (χ3v) is 3.98. The number of benzene rings is 1. The summed E-state index contributed by atoms with van der Waals surface area (Å²) in [7, 11) is 0. The number of nitrogens with one attached hydrogen (secondary N) is 1. The van der Waals surface area contributed by atoms with Crippen molar-refractivity contribution in [3.05, 3.63) is 62.3 Å². The molecule has 2 rings (SSSR count). The Labute approximate surface area is 135 Å². The van der Waals surface area contributed by atoms with Crippen LogP contribution >= 0.6 is 39.1 Å². The third-order valence-electron chi connectivity index (χ3n) is 2.75. The summed E-state index contributed by atoms with van der Waals surface area (Å²) in [5.74, 6) is -0.360. The molecule has 1 unspecified atom stereocenters. The van der Waals surface area contributed by atoms with E-state index in [1.165, 1.54) is 6.07 Å². The minimum Gasteiger partial charge on any atom is -0.344 e. The fraction of sp³-hybridized carbons (Fsp3) is 0.143. The molecule has 1 amide bonds. The fourth-order valence-electron chi connectivity index (χ4n) is 1.75. The molecular weight excluding hydrogens is 363 g/mol. The normalized spacial score (nSPS) is 12.0. The van der Waals surface area contributed by atoms with Crippen LogP contribution in [0.15, 0.2) is 40.9 Å². The number of hydrogen-bond acceptors (Lipinski definition) is 2. The molecule has 0 fully saturated rings. The van der Waals surface area contributed by atoms with Crippen LogP contribution in [0.4, 0.5) is 0 Å². The van der Waals surface area contributed by atoms with Gasteiger partial charge in [-0.1, -0.05) is 57.3 Å². The lowest BCUT2D eigenvalue weighted by molar-refractivity contribution is 0.0935. The van der Waals surface area contributed by atoms with Crippen LogP contribution in [0, 0.1) is 0 Å². The summed E-state index contributed by atoms with van der Waals surface area (Å²) in [6.07, 6.45) is 0. The molecule has 6 heteroatoms. The first-order valence-electron chi connectivity index (χ1n) is 5.86. The highest BCUT2D eigenvalue weighted by Crippen LogP contribution is 2.24. The van der Waals surface area contributed by atoms with E-state index in [9.17, 15) is 4.79 Å². The van der Waals surface area contributed by atoms with E-state index in [1.807, 2.05) is 31.2 Å². The highest BCUT2D eigenvalue weighted by atomic mass is 79.9. The van der Waals surface area contributed by atoms with Crippen molar-refractivity contribution in [2.75, 3.05) is 0 Å². The van der Waals surface area contributed by atoms with Crippen LogP contribution in [0.25, 0.3) is 0 Å². The van der Waals surface area contributed by atoms with Crippen molar-refractivity contribution in [1.82, 2.24) is 10.3 Å².